The fraction of sp³-hybridized carbons (Fsp3) is 0.583. The third-order valence-corrected chi connectivity index (χ3v) is 3.18. The van der Waals surface area contributed by atoms with Crippen molar-refractivity contribution in [2.24, 2.45) is 11.7 Å². The van der Waals surface area contributed by atoms with E-state index in [-0.39, 0.29) is 17.9 Å². The van der Waals surface area contributed by atoms with E-state index in [2.05, 4.69) is 15.3 Å². The highest BCUT2D eigenvalue weighted by atomic mass is 16.1. The first-order valence-corrected chi connectivity index (χ1v) is 5.98. The molecule has 0 bridgehead atoms. The standard InChI is InChI=1S/C12H18N4O/c1-8-14-6-5-9(16-8)7-15-12(17)10-3-2-4-11(10)13/h5-6,10-11H,2-4,7,13H2,1H3,(H,15,17). The van der Waals surface area contributed by atoms with E-state index in [0.29, 0.717) is 12.4 Å². The molecular weight excluding hydrogens is 216 g/mol. The van der Waals surface area contributed by atoms with Crippen LogP contribution in [0.25, 0.3) is 0 Å². The van der Waals surface area contributed by atoms with Crippen molar-refractivity contribution in [1.82, 2.24) is 15.3 Å². The van der Waals surface area contributed by atoms with Gasteiger partial charge in [0.25, 0.3) is 0 Å². The number of nitrogens with two attached hydrogens (primary N) is 1. The number of carbonyl (C=O) groups excluding carboxylic acids is 1. The molecule has 2 unspecified atom stereocenters. The number of aromatic nitrogens is 2. The molecule has 1 saturated carbocycles. The normalized spacial score (nSPS) is 23.6. The molecule has 1 aliphatic carbocycles. The van der Waals surface area contributed by atoms with Crippen LogP contribution in [0.15, 0.2) is 12.3 Å². The van der Waals surface area contributed by atoms with E-state index < -0.39 is 0 Å². The second-order valence-corrected chi connectivity index (χ2v) is 4.51. The molecule has 1 aromatic rings. The molecule has 5 nitrogen and oxygen atoms in total. The molecule has 92 valence electrons. The summed E-state index contributed by atoms with van der Waals surface area (Å²) < 4.78 is 0. The summed E-state index contributed by atoms with van der Waals surface area (Å²) in [6, 6.07) is 1.82. The van der Waals surface area contributed by atoms with Crippen LogP contribution in [-0.2, 0) is 11.3 Å². The van der Waals surface area contributed by atoms with Crippen molar-refractivity contribution < 1.29 is 4.79 Å². The first-order chi connectivity index (χ1) is 8.16. The average Bonchev–Trinajstić information content (AvgIpc) is 2.72. The zero-order valence-corrected chi connectivity index (χ0v) is 10.0. The molecule has 5 heteroatoms. The van der Waals surface area contributed by atoms with E-state index in [1.807, 2.05) is 13.0 Å². The van der Waals surface area contributed by atoms with Crippen molar-refractivity contribution in [2.45, 2.75) is 38.8 Å². The maximum atomic E-state index is 11.9. The number of nitrogens with one attached hydrogen (secondary N) is 1. The van der Waals surface area contributed by atoms with E-state index in [0.717, 1.165) is 25.0 Å². The van der Waals surface area contributed by atoms with E-state index in [9.17, 15) is 4.79 Å². The molecule has 0 saturated heterocycles. The fourth-order valence-corrected chi connectivity index (χ4v) is 2.23. The van der Waals surface area contributed by atoms with Crippen molar-refractivity contribution in [3.63, 3.8) is 0 Å². The predicted molar refractivity (Wildman–Crippen MR) is 63.9 cm³/mol. The molecule has 1 aromatic heterocycles. The van der Waals surface area contributed by atoms with Gasteiger partial charge in [-0.2, -0.15) is 0 Å². The molecule has 17 heavy (non-hydrogen) atoms. The molecule has 1 heterocycles. The Balaban J connectivity index is 1.88. The number of hydrogen-bond acceptors (Lipinski definition) is 4. The number of amides is 1. The van der Waals surface area contributed by atoms with Crippen LogP contribution in [-0.4, -0.2) is 21.9 Å². The average molecular weight is 234 g/mol. The van der Waals surface area contributed by atoms with Crippen LogP contribution in [0.1, 0.15) is 30.8 Å². The zero-order chi connectivity index (χ0) is 12.3. The van der Waals surface area contributed by atoms with Crippen LogP contribution in [0.3, 0.4) is 0 Å². The zero-order valence-electron chi connectivity index (χ0n) is 10.0. The number of nitrogens with zero attached hydrogens (tertiary/aromatic N) is 2. The van der Waals surface area contributed by atoms with Gasteiger partial charge in [-0.25, -0.2) is 9.97 Å². The van der Waals surface area contributed by atoms with E-state index in [1.165, 1.54) is 0 Å². The van der Waals surface area contributed by atoms with Gasteiger partial charge >= 0.3 is 0 Å². The maximum absolute atomic E-state index is 11.9. The molecule has 0 aromatic carbocycles. The first-order valence-electron chi connectivity index (χ1n) is 5.98. The summed E-state index contributed by atoms with van der Waals surface area (Å²) in [7, 11) is 0. The molecule has 0 spiro atoms. The molecular formula is C12H18N4O. The van der Waals surface area contributed by atoms with Gasteiger partial charge in [0.05, 0.1) is 18.2 Å². The summed E-state index contributed by atoms with van der Waals surface area (Å²) in [5.41, 5.74) is 6.72. The Morgan fingerprint density at radius 3 is 3.06 bits per heavy atom. The Bertz CT molecular complexity index is 407. The highest BCUT2D eigenvalue weighted by Crippen LogP contribution is 2.23. The molecule has 1 fully saturated rings. The SMILES string of the molecule is Cc1nccc(CNC(=O)C2CCCC2N)n1. The minimum Gasteiger partial charge on any atom is -0.350 e. The van der Waals surface area contributed by atoms with Crippen molar-refractivity contribution in [3.05, 3.63) is 23.8 Å². The Hall–Kier alpha value is -1.49. The van der Waals surface area contributed by atoms with Gasteiger partial charge in [-0.1, -0.05) is 6.42 Å². The summed E-state index contributed by atoms with van der Waals surface area (Å²) in [6.07, 6.45) is 4.59. The highest BCUT2D eigenvalue weighted by molar-refractivity contribution is 5.79. The summed E-state index contributed by atoms with van der Waals surface area (Å²) in [6.45, 7) is 2.28. The number of hydrogen-bond donors (Lipinski definition) is 2. The molecule has 3 N–H and O–H groups in total. The minimum atomic E-state index is -0.0297. The van der Waals surface area contributed by atoms with Gasteiger partial charge in [0.1, 0.15) is 5.82 Å². The largest absolute Gasteiger partial charge is 0.350 e. The maximum Gasteiger partial charge on any atom is 0.224 e. The number of aryl methyl sites for hydroxylation is 1. The Morgan fingerprint density at radius 2 is 2.41 bits per heavy atom. The van der Waals surface area contributed by atoms with E-state index >= 15 is 0 Å². The Labute approximate surface area is 101 Å². The van der Waals surface area contributed by atoms with Gasteiger partial charge in [0, 0.05) is 12.2 Å². The Kier molecular flexibility index (Phi) is 3.68. The molecule has 1 amide bonds. The molecule has 0 radical (unpaired) electrons. The summed E-state index contributed by atoms with van der Waals surface area (Å²) >= 11 is 0. The topological polar surface area (TPSA) is 80.9 Å². The predicted octanol–water partition coefficient (Wildman–Crippen LogP) is 0.529. The lowest BCUT2D eigenvalue weighted by Crippen LogP contribution is -2.38. The molecule has 0 aliphatic heterocycles. The van der Waals surface area contributed by atoms with Crippen LogP contribution >= 0.6 is 0 Å². The quantitative estimate of drug-likeness (QED) is 0.799. The van der Waals surface area contributed by atoms with Crippen LogP contribution in [0.5, 0.6) is 0 Å². The van der Waals surface area contributed by atoms with Gasteiger partial charge in [0.15, 0.2) is 0 Å². The van der Waals surface area contributed by atoms with Gasteiger partial charge in [0.2, 0.25) is 5.91 Å². The van der Waals surface area contributed by atoms with Gasteiger partial charge in [-0.05, 0) is 25.8 Å². The second-order valence-electron chi connectivity index (χ2n) is 4.51. The lowest BCUT2D eigenvalue weighted by Gasteiger charge is -2.14. The fourth-order valence-electron chi connectivity index (χ4n) is 2.23. The lowest BCUT2D eigenvalue weighted by molar-refractivity contribution is -0.125. The smallest absolute Gasteiger partial charge is 0.224 e. The summed E-state index contributed by atoms with van der Waals surface area (Å²) in [5, 5.41) is 2.89. The van der Waals surface area contributed by atoms with Gasteiger partial charge in [-0.15, -0.1) is 0 Å². The second kappa shape index (κ2) is 5.23. The van der Waals surface area contributed by atoms with Crippen LogP contribution in [0.2, 0.25) is 0 Å². The van der Waals surface area contributed by atoms with Gasteiger partial charge < -0.3 is 11.1 Å². The van der Waals surface area contributed by atoms with Crippen molar-refractivity contribution in [1.29, 1.82) is 0 Å². The number of rotatable bonds is 3. The first kappa shape index (κ1) is 12.0. The highest BCUT2D eigenvalue weighted by Gasteiger charge is 2.29. The third-order valence-electron chi connectivity index (χ3n) is 3.18. The van der Waals surface area contributed by atoms with Crippen molar-refractivity contribution >= 4 is 5.91 Å². The van der Waals surface area contributed by atoms with Crippen LogP contribution in [0.4, 0.5) is 0 Å². The lowest BCUT2D eigenvalue weighted by atomic mass is 10.0. The van der Waals surface area contributed by atoms with E-state index in [4.69, 9.17) is 5.73 Å². The Morgan fingerprint density at radius 1 is 1.59 bits per heavy atom. The molecule has 2 atom stereocenters. The van der Waals surface area contributed by atoms with Crippen molar-refractivity contribution in [3.8, 4) is 0 Å². The monoisotopic (exact) mass is 234 g/mol. The van der Waals surface area contributed by atoms with Crippen LogP contribution < -0.4 is 11.1 Å². The van der Waals surface area contributed by atoms with E-state index in [1.54, 1.807) is 6.20 Å². The van der Waals surface area contributed by atoms with Crippen molar-refractivity contribution in [2.75, 3.05) is 0 Å². The molecule has 2 rings (SSSR count). The summed E-state index contributed by atoms with van der Waals surface area (Å²) in [5.74, 6) is 0.735. The minimum absolute atomic E-state index is 0.0159. The summed E-state index contributed by atoms with van der Waals surface area (Å²) in [4.78, 5) is 20.1. The van der Waals surface area contributed by atoms with Crippen LogP contribution in [0, 0.1) is 12.8 Å². The van der Waals surface area contributed by atoms with Gasteiger partial charge in [-0.3, -0.25) is 4.79 Å². The number of carbonyl (C=O) groups is 1. The third kappa shape index (κ3) is 3.00. The molecule has 1 aliphatic rings.